The minimum Gasteiger partial charge on any atom is -0.350 e. The molecule has 0 radical (unpaired) electrons. The van der Waals surface area contributed by atoms with Crippen LogP contribution in [0.4, 0.5) is 5.69 Å². The zero-order valence-electron chi connectivity index (χ0n) is 13.2. The highest BCUT2D eigenvalue weighted by molar-refractivity contribution is 9.10. The first-order valence-electron chi connectivity index (χ1n) is 7.36. The molecule has 5 heteroatoms. The molecule has 0 heterocycles. The fourth-order valence-corrected chi connectivity index (χ4v) is 2.59. The second kappa shape index (κ2) is 7.92. The molecule has 0 aliphatic rings. The molecule has 0 saturated heterocycles. The Kier molecular flexibility index (Phi) is 5.93. The molecule has 1 N–H and O–H groups in total. The summed E-state index contributed by atoms with van der Waals surface area (Å²) in [5.74, 6) is -0.199. The Bertz CT molecular complexity index is 698. The van der Waals surface area contributed by atoms with Crippen molar-refractivity contribution in [2.24, 2.45) is 0 Å². The van der Waals surface area contributed by atoms with Gasteiger partial charge in [-0.05, 0) is 37.3 Å². The first-order chi connectivity index (χ1) is 11.0. The first kappa shape index (κ1) is 17.2. The number of hydrogen-bond donors (Lipinski definition) is 1. The summed E-state index contributed by atoms with van der Waals surface area (Å²) in [5.41, 5.74) is 2.53. The summed E-state index contributed by atoms with van der Waals surface area (Å²) in [6.45, 7) is 4.30. The molecule has 0 spiro atoms. The monoisotopic (exact) mass is 374 g/mol. The number of halogens is 1. The molecule has 0 atom stereocenters. The number of anilines is 1. The largest absolute Gasteiger partial charge is 0.350 e. The van der Waals surface area contributed by atoms with E-state index in [2.05, 4.69) is 21.2 Å². The average Bonchev–Trinajstić information content (AvgIpc) is 2.51. The van der Waals surface area contributed by atoms with E-state index in [9.17, 15) is 9.59 Å². The highest BCUT2D eigenvalue weighted by Gasteiger charge is 2.12. The van der Waals surface area contributed by atoms with Gasteiger partial charge in [-0.2, -0.15) is 0 Å². The van der Waals surface area contributed by atoms with E-state index in [1.165, 1.54) is 6.92 Å². The van der Waals surface area contributed by atoms with Crippen molar-refractivity contribution in [2.45, 2.75) is 13.8 Å². The van der Waals surface area contributed by atoms with Crippen LogP contribution < -0.4 is 10.2 Å². The Morgan fingerprint density at radius 1 is 1.13 bits per heavy atom. The van der Waals surface area contributed by atoms with E-state index >= 15 is 0 Å². The topological polar surface area (TPSA) is 49.4 Å². The van der Waals surface area contributed by atoms with E-state index in [1.807, 2.05) is 43.3 Å². The molecule has 2 rings (SSSR count). The maximum absolute atomic E-state index is 12.1. The van der Waals surface area contributed by atoms with Crippen molar-refractivity contribution in [2.75, 3.05) is 18.0 Å². The van der Waals surface area contributed by atoms with Gasteiger partial charge in [-0.15, -0.1) is 0 Å². The average molecular weight is 375 g/mol. The van der Waals surface area contributed by atoms with Gasteiger partial charge in [0.2, 0.25) is 5.91 Å². The number of amides is 2. The third-order valence-electron chi connectivity index (χ3n) is 3.43. The molecule has 0 aliphatic heterocycles. The molecule has 0 aromatic heterocycles. The molecule has 23 heavy (non-hydrogen) atoms. The van der Waals surface area contributed by atoms with Gasteiger partial charge in [0.05, 0.1) is 0 Å². The molecule has 2 amide bonds. The fourth-order valence-electron chi connectivity index (χ4n) is 2.20. The molecule has 0 aliphatic carbocycles. The summed E-state index contributed by atoms with van der Waals surface area (Å²) >= 11 is 3.40. The summed E-state index contributed by atoms with van der Waals surface area (Å²) in [4.78, 5) is 25.6. The third kappa shape index (κ3) is 4.93. The SMILES string of the molecule is CC(=O)N(CCNC(=O)c1ccc(C)cc1)c1cccc(Br)c1. The molecule has 4 nitrogen and oxygen atoms in total. The van der Waals surface area contributed by atoms with Gasteiger partial charge in [-0.3, -0.25) is 9.59 Å². The maximum atomic E-state index is 12.1. The van der Waals surface area contributed by atoms with Crippen LogP contribution in [0.2, 0.25) is 0 Å². The van der Waals surface area contributed by atoms with Crippen LogP contribution >= 0.6 is 15.9 Å². The molecule has 0 saturated carbocycles. The number of hydrogen-bond acceptors (Lipinski definition) is 2. The van der Waals surface area contributed by atoms with Gasteiger partial charge in [0.15, 0.2) is 0 Å². The Hall–Kier alpha value is -2.14. The summed E-state index contributed by atoms with van der Waals surface area (Å²) in [6, 6.07) is 14.9. The molecule has 0 bridgehead atoms. The van der Waals surface area contributed by atoms with Crippen LogP contribution in [0.5, 0.6) is 0 Å². The van der Waals surface area contributed by atoms with Gasteiger partial charge in [-0.1, -0.05) is 39.7 Å². The Morgan fingerprint density at radius 2 is 1.83 bits per heavy atom. The lowest BCUT2D eigenvalue weighted by atomic mass is 10.1. The Morgan fingerprint density at radius 3 is 2.43 bits per heavy atom. The van der Waals surface area contributed by atoms with Crippen LogP contribution in [0.1, 0.15) is 22.8 Å². The van der Waals surface area contributed by atoms with Gasteiger partial charge in [0.25, 0.3) is 5.91 Å². The summed E-state index contributed by atoms with van der Waals surface area (Å²) in [7, 11) is 0. The van der Waals surface area contributed by atoms with Gasteiger partial charge in [-0.25, -0.2) is 0 Å². The molecule has 0 fully saturated rings. The number of aryl methyl sites for hydroxylation is 1. The van der Waals surface area contributed by atoms with Crippen molar-refractivity contribution in [3.05, 3.63) is 64.1 Å². The van der Waals surface area contributed by atoms with E-state index in [0.717, 1.165) is 15.7 Å². The van der Waals surface area contributed by atoms with Gasteiger partial charge in [0.1, 0.15) is 0 Å². The quantitative estimate of drug-likeness (QED) is 0.869. The molecular formula is C18H19BrN2O2. The third-order valence-corrected chi connectivity index (χ3v) is 3.93. The highest BCUT2D eigenvalue weighted by Crippen LogP contribution is 2.19. The van der Waals surface area contributed by atoms with E-state index in [4.69, 9.17) is 0 Å². The zero-order valence-corrected chi connectivity index (χ0v) is 14.8. The maximum Gasteiger partial charge on any atom is 0.251 e. The Labute approximate surface area is 144 Å². The van der Waals surface area contributed by atoms with Crippen molar-refractivity contribution < 1.29 is 9.59 Å². The van der Waals surface area contributed by atoms with Crippen LogP contribution in [0.25, 0.3) is 0 Å². The lowest BCUT2D eigenvalue weighted by Crippen LogP contribution is -2.37. The lowest BCUT2D eigenvalue weighted by Gasteiger charge is -2.21. The van der Waals surface area contributed by atoms with Crippen molar-refractivity contribution in [1.29, 1.82) is 0 Å². The minimum absolute atomic E-state index is 0.0623. The van der Waals surface area contributed by atoms with Crippen LogP contribution in [-0.4, -0.2) is 24.9 Å². The second-order valence-corrected chi connectivity index (χ2v) is 6.19. The van der Waals surface area contributed by atoms with Crippen molar-refractivity contribution in [3.8, 4) is 0 Å². The number of carbonyl (C=O) groups excluding carboxylic acids is 2. The minimum atomic E-state index is -0.136. The molecule has 120 valence electrons. The van der Waals surface area contributed by atoms with Crippen LogP contribution in [0, 0.1) is 6.92 Å². The fraction of sp³-hybridized carbons (Fsp3) is 0.222. The number of carbonyl (C=O) groups is 2. The molecular weight excluding hydrogens is 356 g/mol. The van der Waals surface area contributed by atoms with Crippen LogP contribution in [0.3, 0.4) is 0 Å². The number of rotatable bonds is 5. The Balaban J connectivity index is 1.96. The van der Waals surface area contributed by atoms with Crippen LogP contribution in [-0.2, 0) is 4.79 Å². The molecule has 2 aromatic carbocycles. The van der Waals surface area contributed by atoms with E-state index in [-0.39, 0.29) is 11.8 Å². The second-order valence-electron chi connectivity index (χ2n) is 5.27. The van der Waals surface area contributed by atoms with Crippen molar-refractivity contribution >= 4 is 33.4 Å². The summed E-state index contributed by atoms with van der Waals surface area (Å²) < 4.78 is 0.907. The summed E-state index contributed by atoms with van der Waals surface area (Å²) in [6.07, 6.45) is 0. The van der Waals surface area contributed by atoms with E-state index in [0.29, 0.717) is 18.7 Å². The van der Waals surface area contributed by atoms with Crippen molar-refractivity contribution in [3.63, 3.8) is 0 Å². The predicted octanol–water partition coefficient (Wildman–Crippen LogP) is 3.54. The normalized spacial score (nSPS) is 10.2. The smallest absolute Gasteiger partial charge is 0.251 e. The molecule has 2 aromatic rings. The highest BCUT2D eigenvalue weighted by atomic mass is 79.9. The van der Waals surface area contributed by atoms with Crippen molar-refractivity contribution in [1.82, 2.24) is 5.32 Å². The van der Waals surface area contributed by atoms with Gasteiger partial charge >= 0.3 is 0 Å². The number of nitrogens with one attached hydrogen (secondary N) is 1. The van der Waals surface area contributed by atoms with Crippen LogP contribution in [0.15, 0.2) is 53.0 Å². The number of benzene rings is 2. The standard InChI is InChI=1S/C18H19BrN2O2/c1-13-6-8-15(9-7-13)18(23)20-10-11-21(14(2)22)17-5-3-4-16(19)12-17/h3-9,12H,10-11H2,1-2H3,(H,20,23). The van der Waals surface area contributed by atoms with E-state index in [1.54, 1.807) is 17.0 Å². The zero-order chi connectivity index (χ0) is 16.8. The van der Waals surface area contributed by atoms with Gasteiger partial charge in [0, 0.05) is 35.7 Å². The predicted molar refractivity (Wildman–Crippen MR) is 95.7 cm³/mol. The number of nitrogens with zero attached hydrogens (tertiary/aromatic N) is 1. The first-order valence-corrected chi connectivity index (χ1v) is 8.15. The molecule has 0 unspecified atom stereocenters. The summed E-state index contributed by atoms with van der Waals surface area (Å²) in [5, 5.41) is 2.84. The van der Waals surface area contributed by atoms with E-state index < -0.39 is 0 Å². The van der Waals surface area contributed by atoms with Gasteiger partial charge < -0.3 is 10.2 Å². The lowest BCUT2D eigenvalue weighted by molar-refractivity contribution is -0.116.